The summed E-state index contributed by atoms with van der Waals surface area (Å²) in [6, 6.07) is 14.4. The minimum absolute atomic E-state index is 0.226. The number of nitrogens with two attached hydrogens (primary N) is 1. The molecule has 2 aromatic rings. The maximum Gasteiger partial charge on any atom is 0.184 e. The van der Waals surface area contributed by atoms with Crippen LogP contribution in [0.3, 0.4) is 0 Å². The molecule has 0 aliphatic rings. The summed E-state index contributed by atoms with van der Waals surface area (Å²) in [4.78, 5) is 12.0. The summed E-state index contributed by atoms with van der Waals surface area (Å²) in [7, 11) is 0. The highest BCUT2D eigenvalue weighted by molar-refractivity contribution is 6.00. The van der Waals surface area contributed by atoms with Crippen molar-refractivity contribution in [3.8, 4) is 0 Å². The fourth-order valence-corrected chi connectivity index (χ4v) is 1.55. The van der Waals surface area contributed by atoms with E-state index in [2.05, 4.69) is 6.07 Å². The highest BCUT2D eigenvalue weighted by atomic mass is 19.1. The summed E-state index contributed by atoms with van der Waals surface area (Å²) in [6.07, 6.45) is 0. The zero-order valence-electron chi connectivity index (χ0n) is 9.06. The van der Waals surface area contributed by atoms with Crippen molar-refractivity contribution in [1.82, 2.24) is 0 Å². The van der Waals surface area contributed by atoms with Crippen LogP contribution < -0.4 is 5.73 Å². The highest BCUT2D eigenvalue weighted by Crippen LogP contribution is 2.16. The lowest BCUT2D eigenvalue weighted by Crippen LogP contribution is -2.21. The molecule has 0 aliphatic heterocycles. The van der Waals surface area contributed by atoms with E-state index in [0.29, 0.717) is 5.56 Å². The van der Waals surface area contributed by atoms with E-state index in [1.807, 2.05) is 0 Å². The van der Waals surface area contributed by atoms with Gasteiger partial charge in [-0.3, -0.25) is 4.79 Å². The van der Waals surface area contributed by atoms with Crippen LogP contribution in [0.4, 0.5) is 4.39 Å². The lowest BCUT2D eigenvalue weighted by molar-refractivity contribution is 0.0961. The molecule has 0 spiro atoms. The first-order chi connectivity index (χ1) is 8.18. The first-order valence-electron chi connectivity index (χ1n) is 5.20. The van der Waals surface area contributed by atoms with Crippen LogP contribution in [0, 0.1) is 11.9 Å². The minimum atomic E-state index is -0.727. The van der Waals surface area contributed by atoms with Crippen LogP contribution >= 0.6 is 0 Å². The van der Waals surface area contributed by atoms with Crippen LogP contribution in [-0.2, 0) is 0 Å². The predicted molar refractivity (Wildman–Crippen MR) is 62.9 cm³/mol. The third kappa shape index (κ3) is 2.57. The number of rotatable bonds is 3. The van der Waals surface area contributed by atoms with Gasteiger partial charge in [0.2, 0.25) is 0 Å². The first-order valence-corrected chi connectivity index (χ1v) is 5.20. The molecular formula is C14H11FNO. The summed E-state index contributed by atoms with van der Waals surface area (Å²) >= 11 is 0. The average molecular weight is 228 g/mol. The molecule has 0 amide bonds. The van der Waals surface area contributed by atoms with Crippen molar-refractivity contribution in [2.24, 2.45) is 5.73 Å². The molecule has 1 radical (unpaired) electrons. The molecule has 2 N–H and O–H groups in total. The van der Waals surface area contributed by atoms with Gasteiger partial charge >= 0.3 is 0 Å². The second kappa shape index (κ2) is 4.89. The number of hydrogen-bond donors (Lipinski definition) is 1. The zero-order chi connectivity index (χ0) is 12.3. The number of benzene rings is 2. The quantitative estimate of drug-likeness (QED) is 0.820. The molecule has 0 aromatic heterocycles. The molecule has 1 unspecified atom stereocenters. The van der Waals surface area contributed by atoms with Gasteiger partial charge in [0.25, 0.3) is 0 Å². The molecule has 1 atom stereocenters. The van der Waals surface area contributed by atoms with E-state index in [-0.39, 0.29) is 11.6 Å². The maximum absolute atomic E-state index is 12.7. The summed E-state index contributed by atoms with van der Waals surface area (Å²) in [6.45, 7) is 0. The fourth-order valence-electron chi connectivity index (χ4n) is 1.55. The Labute approximate surface area is 98.9 Å². The van der Waals surface area contributed by atoms with Crippen LogP contribution in [0.25, 0.3) is 0 Å². The van der Waals surface area contributed by atoms with Gasteiger partial charge in [0.1, 0.15) is 5.82 Å². The van der Waals surface area contributed by atoms with Gasteiger partial charge in [-0.2, -0.15) is 0 Å². The van der Waals surface area contributed by atoms with Crippen molar-refractivity contribution in [1.29, 1.82) is 0 Å². The Balaban J connectivity index is 2.23. The van der Waals surface area contributed by atoms with Crippen molar-refractivity contribution in [2.75, 3.05) is 0 Å². The highest BCUT2D eigenvalue weighted by Gasteiger charge is 2.17. The molecule has 0 fully saturated rings. The minimum Gasteiger partial charge on any atom is -0.318 e. The molecule has 0 aliphatic carbocycles. The van der Waals surface area contributed by atoms with Gasteiger partial charge in [-0.05, 0) is 35.9 Å². The van der Waals surface area contributed by atoms with Crippen molar-refractivity contribution in [2.45, 2.75) is 6.04 Å². The first kappa shape index (κ1) is 11.5. The average Bonchev–Trinajstić information content (AvgIpc) is 2.39. The van der Waals surface area contributed by atoms with Crippen molar-refractivity contribution in [3.05, 3.63) is 71.5 Å². The van der Waals surface area contributed by atoms with E-state index in [4.69, 9.17) is 5.73 Å². The Morgan fingerprint density at radius 1 is 1.12 bits per heavy atom. The Morgan fingerprint density at radius 3 is 2.29 bits per heavy atom. The molecular weight excluding hydrogens is 217 g/mol. The maximum atomic E-state index is 12.7. The monoisotopic (exact) mass is 228 g/mol. The van der Waals surface area contributed by atoms with Gasteiger partial charge in [0.15, 0.2) is 5.78 Å². The number of carbonyl (C=O) groups excluding carboxylic acids is 1. The standard InChI is InChI=1S/C14H11FNO/c15-12-8-6-11(7-9-12)14(17)13(16)10-4-2-1-3-5-10/h2-9,13H,16H2. The second-order valence-electron chi connectivity index (χ2n) is 3.68. The van der Waals surface area contributed by atoms with Crippen molar-refractivity contribution in [3.63, 3.8) is 0 Å². The fraction of sp³-hybridized carbons (Fsp3) is 0.0714. The molecule has 85 valence electrons. The third-order valence-corrected chi connectivity index (χ3v) is 2.51. The predicted octanol–water partition coefficient (Wildman–Crippen LogP) is 2.51. The normalized spacial score (nSPS) is 12.1. The van der Waals surface area contributed by atoms with Gasteiger partial charge in [-0.15, -0.1) is 0 Å². The van der Waals surface area contributed by atoms with E-state index in [9.17, 15) is 9.18 Å². The molecule has 0 heterocycles. The van der Waals surface area contributed by atoms with Gasteiger partial charge < -0.3 is 5.73 Å². The lowest BCUT2D eigenvalue weighted by Gasteiger charge is -2.10. The number of ketones is 1. The second-order valence-corrected chi connectivity index (χ2v) is 3.68. The Bertz CT molecular complexity index is 508. The number of halogens is 1. The summed E-state index contributed by atoms with van der Waals surface area (Å²) in [5.74, 6) is -0.597. The summed E-state index contributed by atoms with van der Waals surface area (Å²) < 4.78 is 12.7. The van der Waals surface area contributed by atoms with Gasteiger partial charge in [-0.1, -0.05) is 24.3 Å². The molecule has 2 aromatic carbocycles. The number of hydrogen-bond acceptors (Lipinski definition) is 2. The Kier molecular flexibility index (Phi) is 3.30. The SMILES string of the molecule is NC(C(=O)c1ccc(F)cc1)c1cc[c]cc1. The van der Waals surface area contributed by atoms with Crippen molar-refractivity contribution >= 4 is 5.78 Å². The molecule has 3 heteroatoms. The molecule has 0 saturated heterocycles. The van der Waals surface area contributed by atoms with Gasteiger partial charge in [0, 0.05) is 5.56 Å². The van der Waals surface area contributed by atoms with Crippen LogP contribution in [0.1, 0.15) is 22.0 Å². The van der Waals surface area contributed by atoms with E-state index in [1.54, 1.807) is 24.3 Å². The van der Waals surface area contributed by atoms with E-state index >= 15 is 0 Å². The van der Waals surface area contributed by atoms with Gasteiger partial charge in [-0.25, -0.2) is 4.39 Å². The molecule has 17 heavy (non-hydrogen) atoms. The van der Waals surface area contributed by atoms with E-state index in [0.717, 1.165) is 5.56 Å². The Morgan fingerprint density at radius 2 is 1.71 bits per heavy atom. The summed E-state index contributed by atoms with van der Waals surface area (Å²) in [5, 5.41) is 0. The van der Waals surface area contributed by atoms with E-state index in [1.165, 1.54) is 24.3 Å². The van der Waals surface area contributed by atoms with Crippen LogP contribution in [-0.4, -0.2) is 5.78 Å². The largest absolute Gasteiger partial charge is 0.318 e. The topological polar surface area (TPSA) is 43.1 Å². The summed E-state index contributed by atoms with van der Waals surface area (Å²) in [5.41, 5.74) is 6.98. The van der Waals surface area contributed by atoms with Crippen molar-refractivity contribution < 1.29 is 9.18 Å². The molecule has 0 saturated carbocycles. The lowest BCUT2D eigenvalue weighted by atomic mass is 9.98. The molecule has 0 bridgehead atoms. The smallest absolute Gasteiger partial charge is 0.184 e. The zero-order valence-corrected chi connectivity index (χ0v) is 9.06. The van der Waals surface area contributed by atoms with Crippen LogP contribution in [0.2, 0.25) is 0 Å². The number of carbonyl (C=O) groups is 1. The molecule has 2 nitrogen and oxygen atoms in total. The Hall–Kier alpha value is -2.00. The number of Topliss-reactive ketones (excluding diaryl/α,β-unsaturated/α-hetero) is 1. The van der Waals surface area contributed by atoms with Crippen LogP contribution in [0.15, 0.2) is 48.5 Å². The van der Waals surface area contributed by atoms with E-state index < -0.39 is 6.04 Å². The van der Waals surface area contributed by atoms with Gasteiger partial charge in [0.05, 0.1) is 6.04 Å². The third-order valence-electron chi connectivity index (χ3n) is 2.51. The van der Waals surface area contributed by atoms with Crippen LogP contribution in [0.5, 0.6) is 0 Å². The molecule has 2 rings (SSSR count).